The summed E-state index contributed by atoms with van der Waals surface area (Å²) in [6, 6.07) is 0.499. The van der Waals surface area contributed by atoms with Crippen LogP contribution in [0.1, 0.15) is 40.5 Å². The van der Waals surface area contributed by atoms with Gasteiger partial charge in [-0.3, -0.25) is 0 Å². The Labute approximate surface area is 111 Å². The largest absolute Gasteiger partial charge is 0.673 e. The second kappa shape index (κ2) is 7.57. The smallest absolute Gasteiger partial charge is 0.418 e. The summed E-state index contributed by atoms with van der Waals surface area (Å²) in [6.07, 6.45) is 2.27. The molecule has 0 saturated heterocycles. The van der Waals surface area contributed by atoms with Crippen LogP contribution in [0.4, 0.5) is 17.3 Å². The number of hydrazone groups is 1. The van der Waals surface area contributed by atoms with Crippen molar-refractivity contribution < 1.29 is 22.8 Å². The molecule has 1 aliphatic heterocycles. The van der Waals surface area contributed by atoms with Crippen molar-refractivity contribution in [3.8, 4) is 0 Å². The molecule has 0 aromatic heterocycles. The lowest BCUT2D eigenvalue weighted by Gasteiger charge is -2.18. The van der Waals surface area contributed by atoms with Crippen LogP contribution in [0.15, 0.2) is 5.10 Å². The first kappa shape index (κ1) is 18.0. The molecule has 19 heavy (non-hydrogen) atoms. The standard InChI is InChI=1S/C10H22N4.BF4/c1-6-8(3)10-11-14(9(4)7-2)12-13(10)5;2-1(3,4)5/h8-9,12H,6-7H2,1-5H3;/q;-1/p+1. The molecule has 9 heteroatoms. The van der Waals surface area contributed by atoms with Crippen LogP contribution in [0.5, 0.6) is 0 Å². The van der Waals surface area contributed by atoms with Gasteiger partial charge < -0.3 is 17.3 Å². The average Bonchev–Trinajstić information content (AvgIpc) is 2.67. The minimum atomic E-state index is -6.00. The number of nitrogens with two attached hydrogens (primary N) is 1. The minimum absolute atomic E-state index is 0.499. The predicted octanol–water partition coefficient (Wildman–Crippen LogP) is 2.09. The molecule has 0 aromatic carbocycles. The molecule has 2 atom stereocenters. The van der Waals surface area contributed by atoms with Gasteiger partial charge in [0.2, 0.25) is 0 Å². The zero-order valence-electron chi connectivity index (χ0n) is 12.1. The van der Waals surface area contributed by atoms with Crippen molar-refractivity contribution in [2.75, 3.05) is 7.05 Å². The molecule has 0 aromatic rings. The Kier molecular flexibility index (Phi) is 7.17. The number of rotatable bonds is 4. The highest BCUT2D eigenvalue weighted by atomic mass is 19.5. The van der Waals surface area contributed by atoms with Crippen LogP contribution in [0.25, 0.3) is 0 Å². The van der Waals surface area contributed by atoms with E-state index >= 15 is 0 Å². The van der Waals surface area contributed by atoms with Crippen molar-refractivity contribution in [3.63, 3.8) is 0 Å². The molecule has 1 aliphatic rings. The third-order valence-corrected chi connectivity index (χ3v) is 2.97. The van der Waals surface area contributed by atoms with Gasteiger partial charge in [0.25, 0.3) is 0 Å². The molecule has 1 rings (SSSR count). The summed E-state index contributed by atoms with van der Waals surface area (Å²) in [7, 11) is -3.92. The number of nitrogens with zero attached hydrogens (tertiary/aromatic N) is 3. The van der Waals surface area contributed by atoms with Crippen molar-refractivity contribution in [1.29, 1.82) is 0 Å². The number of amidine groups is 1. The number of halogens is 4. The molecular formula is C10H23BF4N4. The zero-order chi connectivity index (χ0) is 15.2. The van der Waals surface area contributed by atoms with E-state index in [4.69, 9.17) is 0 Å². The van der Waals surface area contributed by atoms with Crippen LogP contribution in [-0.4, -0.2) is 36.3 Å². The first-order valence-electron chi connectivity index (χ1n) is 6.42. The first-order chi connectivity index (χ1) is 8.60. The highest BCUT2D eigenvalue weighted by Gasteiger charge is 2.29. The molecule has 0 aliphatic carbocycles. The second-order valence-corrected chi connectivity index (χ2v) is 4.63. The second-order valence-electron chi connectivity index (χ2n) is 4.63. The minimum Gasteiger partial charge on any atom is -0.418 e. The summed E-state index contributed by atoms with van der Waals surface area (Å²) in [5.41, 5.74) is 2.09. The fourth-order valence-corrected chi connectivity index (χ4v) is 1.48. The summed E-state index contributed by atoms with van der Waals surface area (Å²) in [6.45, 7) is 8.82. The molecule has 2 unspecified atom stereocenters. The summed E-state index contributed by atoms with van der Waals surface area (Å²) >= 11 is 0. The number of quaternary nitrogens is 1. The Bertz CT molecular complexity index is 292. The summed E-state index contributed by atoms with van der Waals surface area (Å²) in [4.78, 5) is 0. The normalized spacial score (nSPS) is 18.7. The summed E-state index contributed by atoms with van der Waals surface area (Å²) in [5.74, 6) is 1.73. The van der Waals surface area contributed by atoms with E-state index in [-0.39, 0.29) is 0 Å². The SMILES string of the molecule is CCC(C)C1=NN(C(C)CC)[NH2+]N1C.F[B-](F)(F)F. The van der Waals surface area contributed by atoms with Crippen LogP contribution in [0.3, 0.4) is 0 Å². The predicted molar refractivity (Wildman–Crippen MR) is 68.4 cm³/mol. The van der Waals surface area contributed by atoms with Crippen LogP contribution in [0, 0.1) is 5.92 Å². The Morgan fingerprint density at radius 3 is 2.00 bits per heavy atom. The van der Waals surface area contributed by atoms with Crippen molar-refractivity contribution in [3.05, 3.63) is 0 Å². The Morgan fingerprint density at radius 1 is 1.16 bits per heavy atom. The molecule has 0 spiro atoms. The Balaban J connectivity index is 0.000000555. The van der Waals surface area contributed by atoms with Crippen LogP contribution in [0.2, 0.25) is 0 Å². The van der Waals surface area contributed by atoms with Crippen LogP contribution >= 0.6 is 0 Å². The van der Waals surface area contributed by atoms with E-state index in [1.807, 2.05) is 0 Å². The van der Waals surface area contributed by atoms with Crippen LogP contribution < -0.4 is 5.53 Å². The van der Waals surface area contributed by atoms with E-state index in [2.05, 4.69) is 55.5 Å². The van der Waals surface area contributed by atoms with Crippen LogP contribution in [-0.2, 0) is 0 Å². The van der Waals surface area contributed by atoms with E-state index in [0.29, 0.717) is 12.0 Å². The quantitative estimate of drug-likeness (QED) is 0.488. The zero-order valence-corrected chi connectivity index (χ0v) is 12.1. The van der Waals surface area contributed by atoms with E-state index in [1.165, 1.54) is 5.84 Å². The molecular weight excluding hydrogens is 263 g/mol. The van der Waals surface area contributed by atoms with Gasteiger partial charge in [0.15, 0.2) is 5.84 Å². The highest BCUT2D eigenvalue weighted by molar-refractivity contribution is 6.50. The fourth-order valence-electron chi connectivity index (χ4n) is 1.48. The van der Waals surface area contributed by atoms with E-state index in [0.717, 1.165) is 12.8 Å². The summed E-state index contributed by atoms with van der Waals surface area (Å²) in [5, 5.41) is 8.84. The molecule has 0 bridgehead atoms. The molecule has 1 heterocycles. The van der Waals surface area contributed by atoms with E-state index < -0.39 is 7.25 Å². The van der Waals surface area contributed by atoms with Gasteiger partial charge in [-0.2, -0.15) is 5.01 Å². The molecule has 0 fully saturated rings. The van der Waals surface area contributed by atoms with Crippen molar-refractivity contribution in [1.82, 2.24) is 10.1 Å². The lowest BCUT2D eigenvalue weighted by atomic mass is 10.1. The van der Waals surface area contributed by atoms with E-state index in [1.54, 1.807) is 0 Å². The Hall–Kier alpha value is -0.985. The van der Waals surface area contributed by atoms with Gasteiger partial charge in [0, 0.05) is 5.92 Å². The van der Waals surface area contributed by atoms with Gasteiger partial charge in [-0.1, -0.05) is 20.8 Å². The van der Waals surface area contributed by atoms with Crippen molar-refractivity contribution in [2.45, 2.75) is 46.6 Å². The highest BCUT2D eigenvalue weighted by Crippen LogP contribution is 2.10. The first-order valence-corrected chi connectivity index (χ1v) is 6.42. The van der Waals surface area contributed by atoms with Gasteiger partial charge in [-0.05, 0) is 19.8 Å². The monoisotopic (exact) mass is 286 g/mol. The molecule has 0 saturated carbocycles. The van der Waals surface area contributed by atoms with Gasteiger partial charge >= 0.3 is 7.25 Å². The average molecular weight is 286 g/mol. The summed E-state index contributed by atoms with van der Waals surface area (Å²) < 4.78 is 39.0. The third kappa shape index (κ3) is 7.24. The molecule has 4 nitrogen and oxygen atoms in total. The maximum atomic E-state index is 9.75. The van der Waals surface area contributed by atoms with E-state index in [9.17, 15) is 17.3 Å². The van der Waals surface area contributed by atoms with Gasteiger partial charge in [-0.15, -0.1) is 15.8 Å². The lowest BCUT2D eigenvalue weighted by molar-refractivity contribution is -0.899. The topological polar surface area (TPSA) is 35.5 Å². The Morgan fingerprint density at radius 2 is 1.63 bits per heavy atom. The maximum Gasteiger partial charge on any atom is 0.673 e. The molecule has 0 radical (unpaired) electrons. The van der Waals surface area contributed by atoms with Crippen molar-refractivity contribution in [2.24, 2.45) is 11.0 Å². The molecule has 114 valence electrons. The van der Waals surface area contributed by atoms with Crippen molar-refractivity contribution >= 4 is 13.1 Å². The van der Waals surface area contributed by atoms with Gasteiger partial charge in [0.1, 0.15) is 0 Å². The third-order valence-electron chi connectivity index (χ3n) is 2.97. The number of hydrogen-bond donors (Lipinski definition) is 1. The molecule has 2 N–H and O–H groups in total. The fraction of sp³-hybridized carbons (Fsp3) is 0.900. The van der Waals surface area contributed by atoms with Gasteiger partial charge in [0.05, 0.1) is 13.1 Å². The van der Waals surface area contributed by atoms with Gasteiger partial charge in [-0.25, -0.2) is 0 Å². The number of hydrogen-bond acceptors (Lipinski definition) is 3. The maximum absolute atomic E-state index is 9.75. The molecule has 0 amide bonds. The lowest BCUT2D eigenvalue weighted by Crippen LogP contribution is -2.98.